The standard InChI is InChI=1S/C22H28N2O3S/c1-21(2,3)20(26)24-11-12-27-22(15-24,19(25)23-4)14-16-7-9-17(10-8-16)18-6-5-13-28-18/h5-10,13H,11-12,14-15H2,1-4H3,(H,23,25). The number of hydrogen-bond donors (Lipinski definition) is 1. The number of nitrogens with one attached hydrogen (secondary N) is 1. The van der Waals surface area contributed by atoms with Crippen molar-refractivity contribution in [2.45, 2.75) is 32.8 Å². The van der Waals surface area contributed by atoms with Crippen LogP contribution < -0.4 is 5.32 Å². The maximum Gasteiger partial charge on any atom is 0.254 e. The molecule has 1 saturated heterocycles. The minimum absolute atomic E-state index is 0.0390. The summed E-state index contributed by atoms with van der Waals surface area (Å²) in [4.78, 5) is 28.6. The Morgan fingerprint density at radius 1 is 1.21 bits per heavy atom. The van der Waals surface area contributed by atoms with Crippen molar-refractivity contribution in [3.05, 3.63) is 47.3 Å². The van der Waals surface area contributed by atoms with Gasteiger partial charge in [0.1, 0.15) is 0 Å². The topological polar surface area (TPSA) is 58.6 Å². The molecular weight excluding hydrogens is 372 g/mol. The summed E-state index contributed by atoms with van der Waals surface area (Å²) in [6.07, 6.45) is 0.422. The van der Waals surface area contributed by atoms with Crippen LogP contribution in [0.2, 0.25) is 0 Å². The number of carbonyl (C=O) groups excluding carboxylic acids is 2. The first-order valence-corrected chi connectivity index (χ1v) is 10.4. The van der Waals surface area contributed by atoms with Gasteiger partial charge in [-0.05, 0) is 22.6 Å². The van der Waals surface area contributed by atoms with E-state index in [9.17, 15) is 9.59 Å². The number of amides is 2. The SMILES string of the molecule is CNC(=O)C1(Cc2ccc(-c3cccs3)cc2)CN(C(=O)C(C)(C)C)CCO1. The fourth-order valence-corrected chi connectivity index (χ4v) is 4.28. The molecule has 2 amide bonds. The lowest BCUT2D eigenvalue weighted by atomic mass is 9.88. The summed E-state index contributed by atoms with van der Waals surface area (Å²) in [5.74, 6) is -0.154. The third kappa shape index (κ3) is 4.28. The van der Waals surface area contributed by atoms with Crippen molar-refractivity contribution in [1.29, 1.82) is 0 Å². The quantitative estimate of drug-likeness (QED) is 0.856. The van der Waals surface area contributed by atoms with Crippen LogP contribution in [0, 0.1) is 5.41 Å². The molecule has 1 aliphatic rings. The van der Waals surface area contributed by atoms with E-state index in [1.807, 2.05) is 39.0 Å². The summed E-state index contributed by atoms with van der Waals surface area (Å²) in [5.41, 5.74) is 0.600. The number of hydrogen-bond acceptors (Lipinski definition) is 4. The Hall–Kier alpha value is -2.18. The predicted octanol–water partition coefficient (Wildman–Crippen LogP) is 3.35. The van der Waals surface area contributed by atoms with Gasteiger partial charge in [-0.3, -0.25) is 9.59 Å². The summed E-state index contributed by atoms with van der Waals surface area (Å²) < 4.78 is 6.01. The summed E-state index contributed by atoms with van der Waals surface area (Å²) in [6.45, 7) is 6.81. The minimum atomic E-state index is -1.07. The molecule has 1 N–H and O–H groups in total. The van der Waals surface area contributed by atoms with Gasteiger partial charge in [0.15, 0.2) is 5.60 Å². The Labute approximate surface area is 170 Å². The van der Waals surface area contributed by atoms with Crippen molar-refractivity contribution < 1.29 is 14.3 Å². The Bertz CT molecular complexity index is 824. The van der Waals surface area contributed by atoms with Crippen LogP contribution in [0.15, 0.2) is 41.8 Å². The van der Waals surface area contributed by atoms with Crippen molar-refractivity contribution in [2.24, 2.45) is 5.41 Å². The second-order valence-corrected chi connectivity index (χ2v) is 9.20. The largest absolute Gasteiger partial charge is 0.361 e. The van der Waals surface area contributed by atoms with Crippen molar-refractivity contribution in [1.82, 2.24) is 10.2 Å². The van der Waals surface area contributed by atoms with Crippen LogP contribution in [-0.2, 0) is 20.7 Å². The number of likely N-dealkylation sites (N-methyl/N-ethyl adjacent to an activating group) is 1. The van der Waals surface area contributed by atoms with Crippen LogP contribution in [0.25, 0.3) is 10.4 Å². The molecular formula is C22H28N2O3S. The van der Waals surface area contributed by atoms with Gasteiger partial charge in [-0.1, -0.05) is 51.1 Å². The van der Waals surface area contributed by atoms with E-state index in [0.717, 1.165) is 11.1 Å². The van der Waals surface area contributed by atoms with Crippen molar-refractivity contribution in [2.75, 3.05) is 26.7 Å². The molecule has 0 spiro atoms. The molecule has 0 saturated carbocycles. The molecule has 1 unspecified atom stereocenters. The van der Waals surface area contributed by atoms with E-state index in [1.54, 1.807) is 23.3 Å². The monoisotopic (exact) mass is 400 g/mol. The number of carbonyl (C=O) groups is 2. The van der Waals surface area contributed by atoms with Gasteiger partial charge in [0, 0.05) is 30.3 Å². The van der Waals surface area contributed by atoms with Crippen LogP contribution in [-0.4, -0.2) is 49.1 Å². The van der Waals surface area contributed by atoms with E-state index >= 15 is 0 Å². The minimum Gasteiger partial charge on any atom is -0.361 e. The number of ether oxygens (including phenoxy) is 1. The van der Waals surface area contributed by atoms with E-state index in [-0.39, 0.29) is 18.4 Å². The average molecular weight is 401 g/mol. The molecule has 6 heteroatoms. The van der Waals surface area contributed by atoms with Gasteiger partial charge in [-0.2, -0.15) is 0 Å². The molecule has 1 aliphatic heterocycles. The van der Waals surface area contributed by atoms with E-state index in [2.05, 4.69) is 28.9 Å². The Morgan fingerprint density at radius 2 is 1.93 bits per heavy atom. The van der Waals surface area contributed by atoms with E-state index < -0.39 is 11.0 Å². The summed E-state index contributed by atoms with van der Waals surface area (Å²) in [5, 5.41) is 4.78. The Morgan fingerprint density at radius 3 is 2.50 bits per heavy atom. The van der Waals surface area contributed by atoms with Crippen molar-refractivity contribution >= 4 is 23.2 Å². The third-order valence-electron chi connectivity index (χ3n) is 5.00. The molecule has 1 aromatic carbocycles. The molecule has 3 rings (SSSR count). The smallest absolute Gasteiger partial charge is 0.254 e. The highest BCUT2D eigenvalue weighted by Gasteiger charge is 2.45. The zero-order chi connectivity index (χ0) is 20.4. The van der Waals surface area contributed by atoms with Gasteiger partial charge in [-0.15, -0.1) is 11.3 Å². The predicted molar refractivity (Wildman–Crippen MR) is 112 cm³/mol. The molecule has 28 heavy (non-hydrogen) atoms. The molecule has 1 fully saturated rings. The highest BCUT2D eigenvalue weighted by Crippen LogP contribution is 2.29. The highest BCUT2D eigenvalue weighted by atomic mass is 32.1. The summed E-state index contributed by atoms with van der Waals surface area (Å²) >= 11 is 1.70. The zero-order valence-corrected chi connectivity index (χ0v) is 17.8. The van der Waals surface area contributed by atoms with Crippen molar-refractivity contribution in [3.63, 3.8) is 0 Å². The van der Waals surface area contributed by atoms with Crippen LogP contribution >= 0.6 is 11.3 Å². The number of morpholine rings is 1. The first-order valence-electron chi connectivity index (χ1n) is 9.53. The molecule has 2 aromatic rings. The maximum atomic E-state index is 12.8. The lowest BCUT2D eigenvalue weighted by Gasteiger charge is -2.43. The lowest BCUT2D eigenvalue weighted by molar-refractivity contribution is -0.169. The Kier molecular flexibility index (Phi) is 5.91. The number of thiophene rings is 1. The van der Waals surface area contributed by atoms with Crippen LogP contribution in [0.5, 0.6) is 0 Å². The van der Waals surface area contributed by atoms with Gasteiger partial charge >= 0.3 is 0 Å². The number of benzene rings is 1. The zero-order valence-electron chi connectivity index (χ0n) is 17.0. The first-order chi connectivity index (χ1) is 13.2. The third-order valence-corrected chi connectivity index (χ3v) is 5.92. The number of nitrogens with zero attached hydrogens (tertiary/aromatic N) is 1. The molecule has 2 heterocycles. The molecule has 1 atom stereocenters. The van der Waals surface area contributed by atoms with E-state index in [1.165, 1.54) is 4.88 Å². The van der Waals surface area contributed by atoms with Gasteiger partial charge in [0.2, 0.25) is 5.91 Å². The molecule has 150 valence electrons. The molecule has 0 radical (unpaired) electrons. The normalized spacial score (nSPS) is 20.1. The summed E-state index contributed by atoms with van der Waals surface area (Å²) in [6, 6.07) is 12.3. The fraction of sp³-hybridized carbons (Fsp3) is 0.455. The lowest BCUT2D eigenvalue weighted by Crippen LogP contribution is -2.62. The van der Waals surface area contributed by atoms with Gasteiger partial charge in [0.05, 0.1) is 13.2 Å². The van der Waals surface area contributed by atoms with Crippen LogP contribution in [0.1, 0.15) is 26.3 Å². The van der Waals surface area contributed by atoms with E-state index in [4.69, 9.17) is 4.74 Å². The fourth-order valence-electron chi connectivity index (χ4n) is 3.54. The van der Waals surface area contributed by atoms with Gasteiger partial charge < -0.3 is 15.0 Å². The van der Waals surface area contributed by atoms with E-state index in [0.29, 0.717) is 19.6 Å². The van der Waals surface area contributed by atoms with Crippen LogP contribution in [0.4, 0.5) is 0 Å². The molecule has 0 aliphatic carbocycles. The average Bonchev–Trinajstić information content (AvgIpc) is 3.21. The Balaban J connectivity index is 1.83. The summed E-state index contributed by atoms with van der Waals surface area (Å²) in [7, 11) is 1.61. The second-order valence-electron chi connectivity index (χ2n) is 8.25. The second kappa shape index (κ2) is 8.05. The maximum absolute atomic E-state index is 12.8. The van der Waals surface area contributed by atoms with Crippen molar-refractivity contribution in [3.8, 4) is 10.4 Å². The van der Waals surface area contributed by atoms with Gasteiger partial charge in [0.25, 0.3) is 5.91 Å². The molecule has 0 bridgehead atoms. The van der Waals surface area contributed by atoms with Gasteiger partial charge in [-0.25, -0.2) is 0 Å². The highest BCUT2D eigenvalue weighted by molar-refractivity contribution is 7.13. The van der Waals surface area contributed by atoms with Crippen LogP contribution in [0.3, 0.4) is 0 Å². The number of rotatable bonds is 4. The first kappa shape index (κ1) is 20.6. The molecule has 5 nitrogen and oxygen atoms in total. The molecule has 1 aromatic heterocycles.